The minimum Gasteiger partial charge on any atom is -0.491 e. The van der Waals surface area contributed by atoms with Crippen LogP contribution in [0.1, 0.15) is 38.7 Å². The summed E-state index contributed by atoms with van der Waals surface area (Å²) in [6.07, 6.45) is 4.97. The normalized spacial score (nSPS) is 16.3. The Morgan fingerprint density at radius 1 is 1.26 bits per heavy atom. The monoisotopic (exact) mass is 337 g/mol. The molecule has 1 aliphatic rings. The minimum atomic E-state index is -0.472. The number of rotatable bonds is 11. The van der Waals surface area contributed by atoms with E-state index in [1.165, 1.54) is 36.3 Å². The molecule has 0 bridgehead atoms. The number of aliphatic hydroxyl groups is 1. The van der Waals surface area contributed by atoms with E-state index in [2.05, 4.69) is 43.1 Å². The molecule has 0 radical (unpaired) electrons. The molecule has 0 heterocycles. The second-order valence-corrected chi connectivity index (χ2v) is 7.94. The molecule has 130 valence electrons. The van der Waals surface area contributed by atoms with Gasteiger partial charge >= 0.3 is 0 Å². The summed E-state index contributed by atoms with van der Waals surface area (Å²) in [6.45, 7) is 5.03. The maximum absolute atomic E-state index is 9.84. The van der Waals surface area contributed by atoms with Gasteiger partial charge < -0.3 is 15.2 Å². The molecule has 0 amide bonds. The lowest BCUT2D eigenvalue weighted by atomic mass is 9.87. The van der Waals surface area contributed by atoms with Gasteiger partial charge in [-0.25, -0.2) is 0 Å². The van der Waals surface area contributed by atoms with Crippen LogP contribution in [-0.4, -0.2) is 41.9 Å². The van der Waals surface area contributed by atoms with Crippen LogP contribution < -0.4 is 10.1 Å². The molecule has 0 spiro atoms. The maximum atomic E-state index is 9.84. The second kappa shape index (κ2) is 10.2. The molecule has 1 aromatic rings. The van der Waals surface area contributed by atoms with Crippen molar-refractivity contribution < 1.29 is 9.84 Å². The highest BCUT2D eigenvalue weighted by Gasteiger charge is 2.16. The van der Waals surface area contributed by atoms with Crippen molar-refractivity contribution in [3.63, 3.8) is 0 Å². The van der Waals surface area contributed by atoms with Gasteiger partial charge in [0.2, 0.25) is 0 Å². The zero-order valence-electron chi connectivity index (χ0n) is 14.5. The van der Waals surface area contributed by atoms with Crippen molar-refractivity contribution in [1.29, 1.82) is 0 Å². The van der Waals surface area contributed by atoms with Crippen molar-refractivity contribution in [2.75, 3.05) is 24.7 Å². The number of ether oxygens (including phenoxy) is 1. The maximum Gasteiger partial charge on any atom is 0.119 e. The first kappa shape index (κ1) is 18.6. The number of thioether (sulfide) groups is 1. The number of benzene rings is 1. The van der Waals surface area contributed by atoms with Crippen molar-refractivity contribution in [2.45, 2.75) is 51.7 Å². The third-order valence-corrected chi connectivity index (χ3v) is 5.44. The van der Waals surface area contributed by atoms with E-state index >= 15 is 0 Å². The van der Waals surface area contributed by atoms with Gasteiger partial charge in [-0.2, -0.15) is 11.8 Å². The van der Waals surface area contributed by atoms with Crippen molar-refractivity contribution in [3.05, 3.63) is 29.8 Å². The van der Waals surface area contributed by atoms with Gasteiger partial charge in [-0.1, -0.05) is 32.4 Å². The third-order valence-electron chi connectivity index (χ3n) is 4.24. The van der Waals surface area contributed by atoms with Crippen LogP contribution in [0.25, 0.3) is 0 Å². The molecular weight excluding hydrogens is 306 g/mol. The first-order valence-corrected chi connectivity index (χ1v) is 10.00. The second-order valence-electron chi connectivity index (χ2n) is 6.79. The topological polar surface area (TPSA) is 41.5 Å². The van der Waals surface area contributed by atoms with Crippen LogP contribution in [0.15, 0.2) is 24.3 Å². The molecule has 1 aliphatic carbocycles. The summed E-state index contributed by atoms with van der Waals surface area (Å²) in [5.41, 5.74) is 1.36. The van der Waals surface area contributed by atoms with Gasteiger partial charge in [0, 0.05) is 12.6 Å². The number of aliphatic hydroxyl groups excluding tert-OH is 1. The molecule has 4 heteroatoms. The van der Waals surface area contributed by atoms with Crippen LogP contribution in [0.5, 0.6) is 5.75 Å². The zero-order valence-corrected chi connectivity index (χ0v) is 15.3. The number of hydrogen-bond donors (Lipinski definition) is 2. The molecule has 0 saturated heterocycles. The van der Waals surface area contributed by atoms with Crippen molar-refractivity contribution in [2.24, 2.45) is 5.92 Å². The van der Waals surface area contributed by atoms with Crippen molar-refractivity contribution in [3.8, 4) is 5.75 Å². The standard InChI is InChI=1S/C19H31NO2S/c1-15(2)20-12-18(21)13-22-19-8-6-16(7-9-19)10-11-23-14-17-4-3-5-17/h6-9,15,17-18,20-21H,3-5,10-14H2,1-2H3. The van der Waals surface area contributed by atoms with Gasteiger partial charge in [-0.15, -0.1) is 0 Å². The van der Waals surface area contributed by atoms with E-state index in [9.17, 15) is 5.11 Å². The number of nitrogens with one attached hydrogen (secondary N) is 1. The molecule has 1 aromatic carbocycles. The van der Waals surface area contributed by atoms with Gasteiger partial charge in [0.05, 0.1) is 0 Å². The van der Waals surface area contributed by atoms with E-state index in [-0.39, 0.29) is 0 Å². The summed E-state index contributed by atoms with van der Waals surface area (Å²) < 4.78 is 5.64. The molecule has 1 atom stereocenters. The van der Waals surface area contributed by atoms with E-state index < -0.39 is 6.10 Å². The van der Waals surface area contributed by atoms with E-state index in [4.69, 9.17) is 4.74 Å². The summed E-state index contributed by atoms with van der Waals surface area (Å²) in [7, 11) is 0. The molecule has 23 heavy (non-hydrogen) atoms. The number of aryl methyl sites for hydroxylation is 1. The van der Waals surface area contributed by atoms with Gasteiger partial charge in [0.1, 0.15) is 18.5 Å². The third kappa shape index (κ3) is 7.60. The average Bonchev–Trinajstić information content (AvgIpc) is 2.50. The molecule has 3 nitrogen and oxygen atoms in total. The SMILES string of the molecule is CC(C)NCC(O)COc1ccc(CCSCC2CCC2)cc1. The van der Waals surface area contributed by atoms with Crippen LogP contribution in [0.4, 0.5) is 0 Å². The van der Waals surface area contributed by atoms with Crippen LogP contribution in [0, 0.1) is 5.92 Å². The lowest BCUT2D eigenvalue weighted by Crippen LogP contribution is -2.35. The molecule has 1 saturated carbocycles. The van der Waals surface area contributed by atoms with Crippen molar-refractivity contribution >= 4 is 11.8 Å². The Balaban J connectivity index is 1.59. The molecule has 0 aromatic heterocycles. The lowest BCUT2D eigenvalue weighted by molar-refractivity contribution is 0.104. The molecule has 1 unspecified atom stereocenters. The Morgan fingerprint density at radius 3 is 2.61 bits per heavy atom. The fourth-order valence-electron chi connectivity index (χ4n) is 2.47. The fraction of sp³-hybridized carbons (Fsp3) is 0.684. The fourth-order valence-corrected chi connectivity index (χ4v) is 3.69. The molecule has 1 fully saturated rings. The predicted molar refractivity (Wildman–Crippen MR) is 99.5 cm³/mol. The average molecular weight is 338 g/mol. The van der Waals surface area contributed by atoms with Gasteiger partial charge in [0.15, 0.2) is 0 Å². The first-order valence-electron chi connectivity index (χ1n) is 8.84. The Bertz CT molecular complexity index is 432. The van der Waals surface area contributed by atoms with Gasteiger partial charge in [-0.3, -0.25) is 0 Å². The molecular formula is C19H31NO2S. The van der Waals surface area contributed by atoms with E-state index in [0.717, 1.165) is 18.1 Å². The Hall–Kier alpha value is -0.710. The zero-order chi connectivity index (χ0) is 16.5. The smallest absolute Gasteiger partial charge is 0.119 e. The minimum absolute atomic E-state index is 0.330. The largest absolute Gasteiger partial charge is 0.491 e. The highest BCUT2D eigenvalue weighted by Crippen LogP contribution is 2.29. The predicted octanol–water partition coefficient (Wildman–Crippen LogP) is 3.50. The number of hydrogen-bond acceptors (Lipinski definition) is 4. The van der Waals surface area contributed by atoms with Crippen LogP contribution >= 0.6 is 11.8 Å². The van der Waals surface area contributed by atoms with E-state index in [1.54, 1.807) is 0 Å². The summed E-state index contributed by atoms with van der Waals surface area (Å²) in [5.74, 6) is 4.37. The summed E-state index contributed by atoms with van der Waals surface area (Å²) in [5, 5.41) is 13.0. The van der Waals surface area contributed by atoms with Crippen molar-refractivity contribution in [1.82, 2.24) is 5.32 Å². The summed E-state index contributed by atoms with van der Waals surface area (Å²) in [4.78, 5) is 0. The Labute approximate surface area is 145 Å². The highest BCUT2D eigenvalue weighted by molar-refractivity contribution is 7.99. The van der Waals surface area contributed by atoms with E-state index in [1.807, 2.05) is 12.1 Å². The Morgan fingerprint density at radius 2 is 2.00 bits per heavy atom. The van der Waals surface area contributed by atoms with Gasteiger partial charge in [0.25, 0.3) is 0 Å². The Kier molecular flexibility index (Phi) is 8.27. The summed E-state index contributed by atoms with van der Waals surface area (Å²) >= 11 is 2.09. The molecule has 2 N–H and O–H groups in total. The molecule has 0 aliphatic heterocycles. The summed E-state index contributed by atoms with van der Waals surface area (Å²) in [6, 6.07) is 8.67. The van der Waals surface area contributed by atoms with Crippen LogP contribution in [0.2, 0.25) is 0 Å². The molecule has 2 rings (SSSR count). The van der Waals surface area contributed by atoms with E-state index in [0.29, 0.717) is 19.2 Å². The first-order chi connectivity index (χ1) is 11.1. The quantitative estimate of drug-likeness (QED) is 0.607. The highest BCUT2D eigenvalue weighted by atomic mass is 32.2. The van der Waals surface area contributed by atoms with Crippen LogP contribution in [-0.2, 0) is 6.42 Å². The van der Waals surface area contributed by atoms with Gasteiger partial charge in [-0.05, 0) is 54.4 Å². The lowest BCUT2D eigenvalue weighted by Gasteiger charge is -2.24. The van der Waals surface area contributed by atoms with Crippen LogP contribution in [0.3, 0.4) is 0 Å².